The van der Waals surface area contributed by atoms with E-state index in [0.717, 1.165) is 6.08 Å². The smallest absolute Gasteiger partial charge is 0.328 e. The van der Waals surface area contributed by atoms with E-state index >= 15 is 0 Å². The van der Waals surface area contributed by atoms with Crippen molar-refractivity contribution in [3.63, 3.8) is 0 Å². The van der Waals surface area contributed by atoms with Gasteiger partial charge in [-0.25, -0.2) is 4.79 Å². The van der Waals surface area contributed by atoms with Gasteiger partial charge in [0.2, 0.25) is 5.91 Å². The van der Waals surface area contributed by atoms with Crippen molar-refractivity contribution in [3.8, 4) is 0 Å². The van der Waals surface area contributed by atoms with Gasteiger partial charge in [-0.05, 0) is 18.2 Å². The first-order chi connectivity index (χ1) is 9.32. The summed E-state index contributed by atoms with van der Waals surface area (Å²) in [7, 11) is 5.12. The van der Waals surface area contributed by atoms with E-state index in [4.69, 9.17) is 16.7 Å². The maximum absolute atomic E-state index is 11.7. The van der Waals surface area contributed by atoms with E-state index in [0.29, 0.717) is 16.3 Å². The van der Waals surface area contributed by atoms with Gasteiger partial charge in [-0.15, -0.1) is 0 Å². The Morgan fingerprint density at radius 1 is 1.30 bits per heavy atom. The van der Waals surface area contributed by atoms with Gasteiger partial charge >= 0.3 is 5.97 Å². The van der Waals surface area contributed by atoms with Crippen LogP contribution in [0.25, 0.3) is 6.08 Å². The number of amides is 1. The van der Waals surface area contributed by atoms with Crippen molar-refractivity contribution in [1.29, 1.82) is 0 Å². The summed E-state index contributed by atoms with van der Waals surface area (Å²) < 4.78 is 0. The Hall–Kier alpha value is -2.01. The molecule has 1 N–H and O–H groups in total. The zero-order valence-electron chi connectivity index (χ0n) is 11.6. The molecule has 0 aromatic heterocycles. The molecule has 0 radical (unpaired) electrons. The minimum absolute atomic E-state index is 0.0550. The van der Waals surface area contributed by atoms with Crippen molar-refractivity contribution >= 4 is 35.2 Å². The van der Waals surface area contributed by atoms with Crippen LogP contribution in [0.1, 0.15) is 5.56 Å². The monoisotopic (exact) mass is 296 g/mol. The van der Waals surface area contributed by atoms with Crippen LogP contribution in [0.5, 0.6) is 0 Å². The van der Waals surface area contributed by atoms with Crippen LogP contribution in [0.3, 0.4) is 0 Å². The molecule has 0 atom stereocenters. The van der Waals surface area contributed by atoms with Crippen LogP contribution in [-0.2, 0) is 9.59 Å². The molecule has 0 aliphatic carbocycles. The summed E-state index contributed by atoms with van der Waals surface area (Å²) in [6, 6.07) is 5.22. The lowest BCUT2D eigenvalue weighted by Crippen LogP contribution is -2.34. The first-order valence-corrected chi connectivity index (χ1v) is 6.31. The van der Waals surface area contributed by atoms with Gasteiger partial charge in [-0.2, -0.15) is 0 Å². The molecule has 1 aromatic carbocycles. The molecular formula is C14H17ClN2O3. The van der Waals surface area contributed by atoms with E-state index in [9.17, 15) is 9.59 Å². The fraction of sp³-hybridized carbons (Fsp3) is 0.286. The summed E-state index contributed by atoms with van der Waals surface area (Å²) in [6.07, 6.45) is 2.45. The van der Waals surface area contributed by atoms with E-state index in [2.05, 4.69) is 0 Å². The molecule has 0 unspecified atom stereocenters. The van der Waals surface area contributed by atoms with Crippen LogP contribution in [0.4, 0.5) is 5.69 Å². The Bertz CT molecular complexity index is 541. The van der Waals surface area contributed by atoms with Crippen LogP contribution >= 0.6 is 11.6 Å². The van der Waals surface area contributed by atoms with E-state index < -0.39 is 5.97 Å². The number of rotatable bonds is 5. The van der Waals surface area contributed by atoms with Crippen molar-refractivity contribution in [3.05, 3.63) is 34.9 Å². The quantitative estimate of drug-likeness (QED) is 0.844. The van der Waals surface area contributed by atoms with Crippen molar-refractivity contribution in [1.82, 2.24) is 4.90 Å². The zero-order valence-corrected chi connectivity index (χ0v) is 12.4. The molecule has 6 heteroatoms. The number of anilines is 1. The highest BCUT2D eigenvalue weighted by atomic mass is 35.5. The molecule has 108 valence electrons. The lowest BCUT2D eigenvalue weighted by Gasteiger charge is -2.23. The number of halogens is 1. The number of carbonyl (C=O) groups is 2. The van der Waals surface area contributed by atoms with Gasteiger partial charge in [-0.3, -0.25) is 4.79 Å². The average Bonchev–Trinajstić information content (AvgIpc) is 2.36. The zero-order chi connectivity index (χ0) is 15.3. The summed E-state index contributed by atoms with van der Waals surface area (Å²) in [5, 5.41) is 9.14. The number of likely N-dealkylation sites (N-methyl/N-ethyl adjacent to an activating group) is 2. The maximum Gasteiger partial charge on any atom is 0.328 e. The van der Waals surface area contributed by atoms with Gasteiger partial charge in [-0.1, -0.05) is 17.7 Å². The van der Waals surface area contributed by atoms with Gasteiger partial charge in [0.25, 0.3) is 0 Å². The summed E-state index contributed by atoms with van der Waals surface area (Å²) in [6.45, 7) is 0.182. The van der Waals surface area contributed by atoms with Crippen molar-refractivity contribution < 1.29 is 14.7 Å². The van der Waals surface area contributed by atoms with Gasteiger partial charge in [0.15, 0.2) is 0 Å². The highest BCUT2D eigenvalue weighted by Gasteiger charge is 2.13. The maximum atomic E-state index is 11.7. The third-order valence-electron chi connectivity index (χ3n) is 2.70. The second-order valence-electron chi connectivity index (χ2n) is 4.49. The first-order valence-electron chi connectivity index (χ1n) is 5.93. The fourth-order valence-electron chi connectivity index (χ4n) is 1.61. The molecule has 0 aliphatic heterocycles. The summed E-state index contributed by atoms with van der Waals surface area (Å²) >= 11 is 6.09. The number of hydrogen-bond donors (Lipinski definition) is 1. The lowest BCUT2D eigenvalue weighted by molar-refractivity contribution is -0.131. The highest BCUT2D eigenvalue weighted by Crippen LogP contribution is 2.28. The minimum atomic E-state index is -1.05. The third kappa shape index (κ3) is 4.28. The van der Waals surface area contributed by atoms with Crippen molar-refractivity contribution in [2.75, 3.05) is 32.6 Å². The van der Waals surface area contributed by atoms with Crippen molar-refractivity contribution in [2.24, 2.45) is 0 Å². The van der Waals surface area contributed by atoms with Crippen LogP contribution in [-0.4, -0.2) is 49.6 Å². The molecule has 20 heavy (non-hydrogen) atoms. The number of carbonyl (C=O) groups excluding carboxylic acids is 1. The van der Waals surface area contributed by atoms with Gasteiger partial charge < -0.3 is 14.9 Å². The normalized spacial score (nSPS) is 10.6. The van der Waals surface area contributed by atoms with E-state index in [1.165, 1.54) is 11.0 Å². The Morgan fingerprint density at radius 3 is 2.50 bits per heavy atom. The standard InChI is InChI=1S/C14H17ClN2O3/c1-16(2)13(18)9-17(3)12-6-4-5-11(15)10(12)7-8-14(19)20/h4-8H,9H2,1-3H3,(H,19,20)/b8-7+. The number of aliphatic carboxylic acids is 1. The summed E-state index contributed by atoms with van der Waals surface area (Å²) in [4.78, 5) is 25.6. The molecular weight excluding hydrogens is 280 g/mol. The molecule has 1 rings (SSSR count). The highest BCUT2D eigenvalue weighted by molar-refractivity contribution is 6.32. The summed E-state index contributed by atoms with van der Waals surface area (Å²) in [5.74, 6) is -1.11. The Balaban J connectivity index is 3.08. The predicted octanol–water partition coefficient (Wildman–Crippen LogP) is 1.96. The van der Waals surface area contributed by atoms with Crippen LogP contribution in [0.15, 0.2) is 24.3 Å². The van der Waals surface area contributed by atoms with Crippen molar-refractivity contribution in [2.45, 2.75) is 0 Å². The number of benzene rings is 1. The molecule has 0 spiro atoms. The fourth-order valence-corrected chi connectivity index (χ4v) is 1.84. The molecule has 0 saturated heterocycles. The molecule has 0 aliphatic rings. The molecule has 0 saturated carbocycles. The predicted molar refractivity (Wildman–Crippen MR) is 80.1 cm³/mol. The van der Waals surface area contributed by atoms with Crippen LogP contribution in [0, 0.1) is 0 Å². The molecule has 0 heterocycles. The second kappa shape index (κ2) is 6.96. The van der Waals surface area contributed by atoms with E-state index in [-0.39, 0.29) is 12.5 Å². The largest absolute Gasteiger partial charge is 0.478 e. The van der Waals surface area contributed by atoms with Crippen LogP contribution in [0.2, 0.25) is 5.02 Å². The van der Waals surface area contributed by atoms with Gasteiger partial charge in [0, 0.05) is 43.5 Å². The third-order valence-corrected chi connectivity index (χ3v) is 3.03. The number of nitrogens with zero attached hydrogens (tertiary/aromatic N) is 2. The topological polar surface area (TPSA) is 60.9 Å². The van der Waals surface area contributed by atoms with E-state index in [1.807, 2.05) is 0 Å². The minimum Gasteiger partial charge on any atom is -0.478 e. The van der Waals surface area contributed by atoms with Crippen LogP contribution < -0.4 is 4.90 Å². The number of hydrogen-bond acceptors (Lipinski definition) is 3. The Kier molecular flexibility index (Phi) is 5.58. The number of carboxylic acids is 1. The molecule has 0 fully saturated rings. The Labute approximate surface area is 123 Å². The lowest BCUT2D eigenvalue weighted by atomic mass is 10.1. The second-order valence-corrected chi connectivity index (χ2v) is 4.90. The SMILES string of the molecule is CN(C)C(=O)CN(C)c1cccc(Cl)c1/C=C/C(=O)O. The molecule has 0 bridgehead atoms. The molecule has 5 nitrogen and oxygen atoms in total. The molecule has 1 aromatic rings. The number of carboxylic acid groups (broad SMARTS) is 1. The van der Waals surface area contributed by atoms with Gasteiger partial charge in [0.1, 0.15) is 0 Å². The summed E-state index contributed by atoms with van der Waals surface area (Å²) in [5.41, 5.74) is 1.27. The van der Waals surface area contributed by atoms with E-state index in [1.54, 1.807) is 44.2 Å². The Morgan fingerprint density at radius 2 is 1.95 bits per heavy atom. The average molecular weight is 297 g/mol. The van der Waals surface area contributed by atoms with Gasteiger partial charge in [0.05, 0.1) is 6.54 Å². The molecule has 1 amide bonds. The first kappa shape index (κ1) is 16.0.